The lowest BCUT2D eigenvalue weighted by atomic mass is 10.0. The summed E-state index contributed by atoms with van der Waals surface area (Å²) in [6.45, 7) is 7.91. The molecule has 96 valence electrons. The summed E-state index contributed by atoms with van der Waals surface area (Å²) in [6, 6.07) is 0.669. The zero-order chi connectivity index (χ0) is 12.6. The van der Waals surface area contributed by atoms with E-state index in [0.29, 0.717) is 12.0 Å². The second-order valence-corrected chi connectivity index (χ2v) is 5.85. The first kappa shape index (κ1) is 12.9. The molecule has 0 amide bonds. The molecule has 1 aliphatic rings. The van der Waals surface area contributed by atoms with Crippen molar-refractivity contribution in [1.82, 2.24) is 9.78 Å². The molecule has 1 aromatic heterocycles. The van der Waals surface area contributed by atoms with Gasteiger partial charge in [-0.05, 0) is 25.7 Å². The van der Waals surface area contributed by atoms with Gasteiger partial charge in [-0.25, -0.2) is 0 Å². The van der Waals surface area contributed by atoms with E-state index < -0.39 is 0 Å². The monoisotopic (exact) mass is 299 g/mol. The lowest BCUT2D eigenvalue weighted by Gasteiger charge is -2.30. The SMILES string of the molecule is Cc1nn(C)c(N2CCCC2C(C)C)c1CBr. The van der Waals surface area contributed by atoms with Crippen LogP contribution in [-0.2, 0) is 12.4 Å². The molecule has 1 saturated heterocycles. The summed E-state index contributed by atoms with van der Waals surface area (Å²) < 4.78 is 2.05. The largest absolute Gasteiger partial charge is 0.353 e. The van der Waals surface area contributed by atoms with Crippen LogP contribution >= 0.6 is 15.9 Å². The summed E-state index contributed by atoms with van der Waals surface area (Å²) in [7, 11) is 2.06. The number of nitrogens with zero attached hydrogens (tertiary/aromatic N) is 3. The van der Waals surface area contributed by atoms with Crippen LogP contribution in [0.15, 0.2) is 0 Å². The van der Waals surface area contributed by atoms with Crippen molar-refractivity contribution in [2.24, 2.45) is 13.0 Å². The number of halogens is 1. The average Bonchev–Trinajstić information content (AvgIpc) is 2.81. The molecule has 2 heterocycles. The molecule has 0 saturated carbocycles. The minimum Gasteiger partial charge on any atom is -0.353 e. The van der Waals surface area contributed by atoms with Crippen LogP contribution < -0.4 is 4.90 Å². The van der Waals surface area contributed by atoms with Gasteiger partial charge in [0.15, 0.2) is 0 Å². The standard InChI is InChI=1S/C13H22BrN3/c1-9(2)12-6-5-7-17(12)13-11(8-14)10(3)15-16(13)4/h9,12H,5-8H2,1-4H3. The summed E-state index contributed by atoms with van der Waals surface area (Å²) >= 11 is 3.60. The minimum atomic E-state index is 0.669. The Balaban J connectivity index is 2.39. The Morgan fingerprint density at radius 3 is 2.76 bits per heavy atom. The molecule has 1 unspecified atom stereocenters. The molecule has 1 atom stereocenters. The zero-order valence-electron chi connectivity index (χ0n) is 11.2. The van der Waals surface area contributed by atoms with Gasteiger partial charge in [-0.15, -0.1) is 0 Å². The number of aromatic nitrogens is 2. The molecule has 1 aliphatic heterocycles. The highest BCUT2D eigenvalue weighted by Gasteiger charge is 2.31. The van der Waals surface area contributed by atoms with E-state index in [1.807, 2.05) is 4.68 Å². The minimum absolute atomic E-state index is 0.669. The van der Waals surface area contributed by atoms with Crippen LogP contribution in [0.5, 0.6) is 0 Å². The summed E-state index contributed by atoms with van der Waals surface area (Å²) in [6.07, 6.45) is 2.61. The van der Waals surface area contributed by atoms with Gasteiger partial charge < -0.3 is 4.90 Å². The highest BCUT2D eigenvalue weighted by Crippen LogP contribution is 2.33. The molecule has 0 spiro atoms. The van der Waals surface area contributed by atoms with E-state index in [-0.39, 0.29) is 0 Å². The molecular weight excluding hydrogens is 278 g/mol. The van der Waals surface area contributed by atoms with Crippen molar-refractivity contribution in [2.45, 2.75) is 45.0 Å². The molecule has 1 fully saturated rings. The van der Waals surface area contributed by atoms with Gasteiger partial charge in [0.1, 0.15) is 5.82 Å². The molecule has 0 bridgehead atoms. The first-order valence-corrected chi connectivity index (χ1v) is 7.53. The van der Waals surface area contributed by atoms with Crippen LogP contribution in [0, 0.1) is 12.8 Å². The number of rotatable bonds is 3. The van der Waals surface area contributed by atoms with E-state index in [0.717, 1.165) is 11.0 Å². The summed E-state index contributed by atoms with van der Waals surface area (Å²) in [5.74, 6) is 2.02. The third-order valence-corrected chi connectivity index (χ3v) is 4.35. The van der Waals surface area contributed by atoms with Crippen LogP contribution in [-0.4, -0.2) is 22.4 Å². The average molecular weight is 300 g/mol. The van der Waals surface area contributed by atoms with Crippen LogP contribution in [0.1, 0.15) is 37.9 Å². The molecule has 0 radical (unpaired) electrons. The van der Waals surface area contributed by atoms with E-state index in [4.69, 9.17) is 0 Å². The number of anilines is 1. The van der Waals surface area contributed by atoms with Gasteiger partial charge in [0.2, 0.25) is 0 Å². The maximum Gasteiger partial charge on any atom is 0.131 e. The quantitative estimate of drug-likeness (QED) is 0.799. The summed E-state index contributed by atoms with van der Waals surface area (Å²) in [4.78, 5) is 2.56. The van der Waals surface area contributed by atoms with Crippen molar-refractivity contribution in [3.8, 4) is 0 Å². The fourth-order valence-electron chi connectivity index (χ4n) is 2.95. The first-order chi connectivity index (χ1) is 8.06. The van der Waals surface area contributed by atoms with Crippen molar-refractivity contribution in [3.05, 3.63) is 11.3 Å². The lowest BCUT2D eigenvalue weighted by molar-refractivity contribution is 0.484. The molecule has 1 aromatic rings. The molecular formula is C13H22BrN3. The van der Waals surface area contributed by atoms with Gasteiger partial charge in [0.05, 0.1) is 5.69 Å². The predicted octanol–water partition coefficient (Wildman–Crippen LogP) is 3.25. The second-order valence-electron chi connectivity index (χ2n) is 5.29. The van der Waals surface area contributed by atoms with Gasteiger partial charge in [-0.2, -0.15) is 5.10 Å². The number of aryl methyl sites for hydroxylation is 2. The van der Waals surface area contributed by atoms with E-state index in [2.05, 4.69) is 53.7 Å². The Morgan fingerprint density at radius 2 is 2.18 bits per heavy atom. The van der Waals surface area contributed by atoms with E-state index >= 15 is 0 Å². The highest BCUT2D eigenvalue weighted by molar-refractivity contribution is 9.08. The summed E-state index contributed by atoms with van der Waals surface area (Å²) in [5.41, 5.74) is 2.49. The Bertz CT molecular complexity index is 398. The van der Waals surface area contributed by atoms with Crippen molar-refractivity contribution in [2.75, 3.05) is 11.4 Å². The second kappa shape index (κ2) is 5.01. The van der Waals surface area contributed by atoms with Crippen molar-refractivity contribution < 1.29 is 0 Å². The molecule has 0 N–H and O–H groups in total. The van der Waals surface area contributed by atoms with Gasteiger partial charge in [0, 0.05) is 30.5 Å². The maximum atomic E-state index is 4.57. The molecule has 3 nitrogen and oxygen atoms in total. The van der Waals surface area contributed by atoms with E-state index in [1.54, 1.807) is 0 Å². The van der Waals surface area contributed by atoms with Crippen molar-refractivity contribution in [3.63, 3.8) is 0 Å². The zero-order valence-corrected chi connectivity index (χ0v) is 12.8. The predicted molar refractivity (Wildman–Crippen MR) is 75.8 cm³/mol. The van der Waals surface area contributed by atoms with Crippen LogP contribution in [0.25, 0.3) is 0 Å². The molecule has 17 heavy (non-hydrogen) atoms. The Kier molecular flexibility index (Phi) is 3.81. The lowest BCUT2D eigenvalue weighted by Crippen LogP contribution is -2.35. The third kappa shape index (κ3) is 2.24. The number of hydrogen-bond acceptors (Lipinski definition) is 2. The summed E-state index contributed by atoms with van der Waals surface area (Å²) in [5, 5.41) is 5.46. The Hall–Kier alpha value is -0.510. The molecule has 2 rings (SSSR count). The van der Waals surface area contributed by atoms with Gasteiger partial charge in [-0.1, -0.05) is 29.8 Å². The molecule has 0 aromatic carbocycles. The number of alkyl halides is 1. The van der Waals surface area contributed by atoms with Crippen LogP contribution in [0.3, 0.4) is 0 Å². The molecule has 0 aliphatic carbocycles. The fourth-order valence-corrected chi connectivity index (χ4v) is 3.61. The van der Waals surface area contributed by atoms with Gasteiger partial charge >= 0.3 is 0 Å². The smallest absolute Gasteiger partial charge is 0.131 e. The van der Waals surface area contributed by atoms with Crippen LogP contribution in [0.4, 0.5) is 5.82 Å². The molecule has 4 heteroatoms. The highest BCUT2D eigenvalue weighted by atomic mass is 79.9. The Labute approximate surface area is 112 Å². The van der Waals surface area contributed by atoms with Gasteiger partial charge in [-0.3, -0.25) is 4.68 Å². The maximum absolute atomic E-state index is 4.57. The normalized spacial score (nSPS) is 20.6. The fraction of sp³-hybridized carbons (Fsp3) is 0.769. The van der Waals surface area contributed by atoms with Gasteiger partial charge in [0.25, 0.3) is 0 Å². The van der Waals surface area contributed by atoms with Crippen molar-refractivity contribution >= 4 is 21.7 Å². The topological polar surface area (TPSA) is 21.1 Å². The third-order valence-electron chi connectivity index (χ3n) is 3.79. The Morgan fingerprint density at radius 1 is 1.47 bits per heavy atom. The number of hydrogen-bond donors (Lipinski definition) is 0. The van der Waals surface area contributed by atoms with Crippen molar-refractivity contribution in [1.29, 1.82) is 0 Å². The van der Waals surface area contributed by atoms with E-state index in [1.165, 1.54) is 30.8 Å². The van der Waals surface area contributed by atoms with Crippen LogP contribution in [0.2, 0.25) is 0 Å². The first-order valence-electron chi connectivity index (χ1n) is 6.41. The van der Waals surface area contributed by atoms with E-state index in [9.17, 15) is 0 Å².